The van der Waals surface area contributed by atoms with E-state index in [9.17, 15) is 22.8 Å². The van der Waals surface area contributed by atoms with Gasteiger partial charge in [-0.3, -0.25) is 15.1 Å². The maximum Gasteiger partial charge on any atom is 0.410 e. The molecule has 0 bridgehead atoms. The third-order valence-corrected chi connectivity index (χ3v) is 5.36. The van der Waals surface area contributed by atoms with Crippen molar-refractivity contribution in [1.29, 1.82) is 0 Å². The van der Waals surface area contributed by atoms with Crippen molar-refractivity contribution < 1.29 is 27.9 Å². The quantitative estimate of drug-likeness (QED) is 0.504. The molecule has 2 amide bonds. The number of amidine groups is 1. The van der Waals surface area contributed by atoms with Crippen LogP contribution in [0.5, 0.6) is 0 Å². The first-order valence-electron chi connectivity index (χ1n) is 9.74. The molecule has 34 heavy (non-hydrogen) atoms. The number of amides is 2. The van der Waals surface area contributed by atoms with Gasteiger partial charge in [0, 0.05) is 17.4 Å². The number of alkyl halides is 2. The highest BCUT2D eigenvalue weighted by Crippen LogP contribution is 2.37. The Morgan fingerprint density at radius 3 is 2.59 bits per heavy atom. The van der Waals surface area contributed by atoms with Gasteiger partial charge in [-0.15, -0.1) is 0 Å². The highest BCUT2D eigenvalue weighted by atomic mass is 35.5. The standard InChI is InChI=1S/C21H16ClF3N6O3/c1-21(9-31-15(16(24)25)8-27-18(31)17(30-21)29-20(33)34)12-6-11(3-4-13(12)23)28-19(32)14-5-2-10(22)7-26-14/h2-8,16H,9H2,1H3,(H,28,32)(H,29,30)(H,33,34). The van der Waals surface area contributed by atoms with Crippen LogP contribution in [0.3, 0.4) is 0 Å². The second-order valence-electron chi connectivity index (χ2n) is 7.57. The summed E-state index contributed by atoms with van der Waals surface area (Å²) < 4.78 is 43.1. The number of imidazole rings is 1. The molecule has 1 aliphatic rings. The number of anilines is 1. The zero-order chi connectivity index (χ0) is 24.6. The molecule has 9 nitrogen and oxygen atoms in total. The number of carbonyl (C=O) groups is 2. The van der Waals surface area contributed by atoms with Crippen molar-refractivity contribution in [3.05, 3.63) is 76.3 Å². The van der Waals surface area contributed by atoms with Crippen molar-refractivity contribution in [2.75, 3.05) is 5.32 Å². The van der Waals surface area contributed by atoms with Crippen LogP contribution in [0, 0.1) is 5.82 Å². The van der Waals surface area contributed by atoms with Gasteiger partial charge < -0.3 is 15.0 Å². The third-order valence-electron chi connectivity index (χ3n) is 5.14. The SMILES string of the molecule is CC1(c2cc(NC(=O)c3ccc(Cl)cn3)ccc2F)Cn2c(C(F)F)cnc2C(NC(=O)O)=N1. The lowest BCUT2D eigenvalue weighted by atomic mass is 9.90. The first kappa shape index (κ1) is 23.2. The zero-order valence-corrected chi connectivity index (χ0v) is 18.1. The summed E-state index contributed by atoms with van der Waals surface area (Å²) in [5.41, 5.74) is -1.79. The Balaban J connectivity index is 1.73. The van der Waals surface area contributed by atoms with E-state index in [4.69, 9.17) is 16.7 Å². The van der Waals surface area contributed by atoms with Crippen molar-refractivity contribution >= 4 is 35.1 Å². The number of benzene rings is 1. The molecule has 1 aliphatic heterocycles. The molecule has 0 radical (unpaired) electrons. The Hall–Kier alpha value is -3.93. The van der Waals surface area contributed by atoms with Crippen molar-refractivity contribution in [2.24, 2.45) is 4.99 Å². The molecule has 3 N–H and O–H groups in total. The van der Waals surface area contributed by atoms with Gasteiger partial charge in [0.1, 0.15) is 22.7 Å². The van der Waals surface area contributed by atoms with E-state index in [1.54, 1.807) is 0 Å². The molecule has 1 atom stereocenters. The summed E-state index contributed by atoms with van der Waals surface area (Å²) in [7, 11) is 0. The normalized spacial score (nSPS) is 17.2. The van der Waals surface area contributed by atoms with Crippen LogP contribution in [-0.4, -0.2) is 37.5 Å². The van der Waals surface area contributed by atoms with E-state index in [-0.39, 0.29) is 35.1 Å². The molecule has 13 heteroatoms. The number of nitrogens with one attached hydrogen (secondary N) is 2. The van der Waals surface area contributed by atoms with Gasteiger partial charge in [-0.05, 0) is 37.3 Å². The van der Waals surface area contributed by atoms with E-state index in [1.807, 2.05) is 5.32 Å². The summed E-state index contributed by atoms with van der Waals surface area (Å²) >= 11 is 5.77. The number of carboxylic acid groups (broad SMARTS) is 1. The van der Waals surface area contributed by atoms with E-state index >= 15 is 0 Å². The maximum atomic E-state index is 14.9. The molecule has 3 heterocycles. The van der Waals surface area contributed by atoms with Gasteiger partial charge >= 0.3 is 6.09 Å². The molecule has 1 unspecified atom stereocenters. The van der Waals surface area contributed by atoms with E-state index in [0.717, 1.165) is 16.8 Å². The van der Waals surface area contributed by atoms with Crippen molar-refractivity contribution in [3.8, 4) is 0 Å². The van der Waals surface area contributed by atoms with Gasteiger partial charge in [-0.25, -0.2) is 27.9 Å². The predicted octanol–water partition coefficient (Wildman–Crippen LogP) is 4.20. The van der Waals surface area contributed by atoms with Crippen molar-refractivity contribution in [1.82, 2.24) is 19.9 Å². The lowest BCUT2D eigenvalue weighted by Gasteiger charge is -2.33. The fourth-order valence-corrected chi connectivity index (χ4v) is 3.72. The lowest BCUT2D eigenvalue weighted by molar-refractivity contribution is 0.102. The fourth-order valence-electron chi connectivity index (χ4n) is 3.61. The lowest BCUT2D eigenvalue weighted by Crippen LogP contribution is -2.42. The van der Waals surface area contributed by atoms with Crippen LogP contribution in [0.4, 0.5) is 23.7 Å². The molecule has 3 aromatic rings. The molecular formula is C21H16ClF3N6O3. The minimum atomic E-state index is -2.91. The summed E-state index contributed by atoms with van der Waals surface area (Å²) in [5.74, 6) is -1.75. The van der Waals surface area contributed by atoms with E-state index in [0.29, 0.717) is 5.02 Å². The Kier molecular flexibility index (Phi) is 6.00. The van der Waals surface area contributed by atoms with Gasteiger partial charge in [0.15, 0.2) is 11.7 Å². The second kappa shape index (κ2) is 8.78. The van der Waals surface area contributed by atoms with Crippen molar-refractivity contribution in [3.63, 3.8) is 0 Å². The Morgan fingerprint density at radius 1 is 1.18 bits per heavy atom. The number of aliphatic imine (C=N–C) groups is 1. The minimum Gasteiger partial charge on any atom is -0.465 e. The molecule has 2 aromatic heterocycles. The minimum absolute atomic E-state index is 0.0568. The van der Waals surface area contributed by atoms with Crippen LogP contribution < -0.4 is 10.6 Å². The monoisotopic (exact) mass is 492 g/mol. The summed E-state index contributed by atoms with van der Waals surface area (Å²) in [5, 5.41) is 14.1. The van der Waals surface area contributed by atoms with Crippen LogP contribution in [0.15, 0.2) is 47.7 Å². The first-order chi connectivity index (χ1) is 16.1. The number of fused-ring (bicyclic) bond motifs is 1. The van der Waals surface area contributed by atoms with Crippen molar-refractivity contribution in [2.45, 2.75) is 25.4 Å². The average molecular weight is 493 g/mol. The molecule has 0 spiro atoms. The number of nitrogens with zero attached hydrogens (tertiary/aromatic N) is 4. The Morgan fingerprint density at radius 2 is 1.94 bits per heavy atom. The zero-order valence-electron chi connectivity index (χ0n) is 17.4. The Labute approximate surface area is 195 Å². The van der Waals surface area contributed by atoms with Crippen LogP contribution >= 0.6 is 11.6 Å². The number of pyridine rings is 1. The van der Waals surface area contributed by atoms with Gasteiger partial charge in [-0.2, -0.15) is 0 Å². The second-order valence-corrected chi connectivity index (χ2v) is 8.00. The van der Waals surface area contributed by atoms with Crippen LogP contribution in [-0.2, 0) is 12.1 Å². The van der Waals surface area contributed by atoms with Gasteiger partial charge in [0.25, 0.3) is 12.3 Å². The van der Waals surface area contributed by atoms with E-state index in [2.05, 4.69) is 20.3 Å². The molecule has 176 valence electrons. The Bertz CT molecular complexity index is 1310. The number of carbonyl (C=O) groups excluding carboxylic acids is 1. The van der Waals surface area contributed by atoms with Crippen LogP contribution in [0.25, 0.3) is 0 Å². The average Bonchev–Trinajstić information content (AvgIpc) is 3.19. The van der Waals surface area contributed by atoms with E-state index < -0.39 is 35.5 Å². The molecule has 0 fully saturated rings. The molecule has 1 aromatic carbocycles. The number of rotatable bonds is 4. The highest BCUT2D eigenvalue weighted by Gasteiger charge is 2.38. The molecule has 4 rings (SSSR count). The molecule has 0 saturated heterocycles. The number of halogens is 4. The largest absolute Gasteiger partial charge is 0.465 e. The number of hydrogen-bond acceptors (Lipinski definition) is 5. The van der Waals surface area contributed by atoms with E-state index in [1.165, 1.54) is 37.4 Å². The van der Waals surface area contributed by atoms with Crippen LogP contribution in [0.2, 0.25) is 5.02 Å². The first-order valence-corrected chi connectivity index (χ1v) is 10.1. The van der Waals surface area contributed by atoms with Gasteiger partial charge in [-0.1, -0.05) is 11.6 Å². The third kappa shape index (κ3) is 4.44. The smallest absolute Gasteiger partial charge is 0.410 e. The maximum absolute atomic E-state index is 14.9. The topological polar surface area (TPSA) is 122 Å². The van der Waals surface area contributed by atoms with Gasteiger partial charge in [0.2, 0.25) is 0 Å². The fraction of sp³-hybridized carbons (Fsp3) is 0.190. The summed E-state index contributed by atoms with van der Waals surface area (Å²) in [4.78, 5) is 35.8. The molecule has 0 saturated carbocycles. The van der Waals surface area contributed by atoms with Gasteiger partial charge in [0.05, 0.1) is 17.8 Å². The number of aromatic nitrogens is 3. The molecule has 0 aliphatic carbocycles. The number of hydrogen-bond donors (Lipinski definition) is 3. The summed E-state index contributed by atoms with van der Waals surface area (Å²) in [6.07, 6.45) is -2.19. The summed E-state index contributed by atoms with van der Waals surface area (Å²) in [6, 6.07) is 6.59. The highest BCUT2D eigenvalue weighted by molar-refractivity contribution is 6.30. The molecular weight excluding hydrogens is 477 g/mol. The van der Waals surface area contributed by atoms with Crippen LogP contribution in [0.1, 0.15) is 40.9 Å². The predicted molar refractivity (Wildman–Crippen MR) is 116 cm³/mol. The summed E-state index contributed by atoms with van der Waals surface area (Å²) in [6.45, 7) is 1.21.